The first-order valence-corrected chi connectivity index (χ1v) is 7.93. The van der Waals surface area contributed by atoms with Gasteiger partial charge in [0.2, 0.25) is 11.8 Å². The molecule has 0 fully saturated rings. The second kappa shape index (κ2) is 8.45. The number of hydrogen-bond donors (Lipinski definition) is 2. The maximum Gasteiger partial charge on any atom is 0.224 e. The molecule has 4 nitrogen and oxygen atoms in total. The van der Waals surface area contributed by atoms with Gasteiger partial charge in [-0.25, -0.2) is 4.39 Å². The predicted molar refractivity (Wildman–Crippen MR) is 92.3 cm³/mol. The summed E-state index contributed by atoms with van der Waals surface area (Å²) in [7, 11) is 0. The Hall–Kier alpha value is -2.40. The van der Waals surface area contributed by atoms with Crippen molar-refractivity contribution in [2.75, 3.05) is 5.32 Å². The van der Waals surface area contributed by atoms with Crippen molar-refractivity contribution >= 4 is 29.1 Å². The van der Waals surface area contributed by atoms with Crippen LogP contribution in [0.5, 0.6) is 0 Å². The third kappa shape index (κ3) is 5.06. The Balaban J connectivity index is 1.81. The van der Waals surface area contributed by atoms with E-state index in [9.17, 15) is 14.0 Å². The molecule has 0 aliphatic heterocycles. The van der Waals surface area contributed by atoms with Gasteiger partial charge in [0.25, 0.3) is 0 Å². The summed E-state index contributed by atoms with van der Waals surface area (Å²) in [6.45, 7) is 1.87. The van der Waals surface area contributed by atoms with E-state index >= 15 is 0 Å². The van der Waals surface area contributed by atoms with Crippen LogP contribution in [0.15, 0.2) is 48.5 Å². The predicted octanol–water partition coefficient (Wildman–Crippen LogP) is 4.08. The molecule has 0 aliphatic rings. The van der Waals surface area contributed by atoms with Crippen molar-refractivity contribution in [2.45, 2.75) is 25.8 Å². The van der Waals surface area contributed by atoms with Crippen LogP contribution in [0.2, 0.25) is 5.02 Å². The number of hydrogen-bond acceptors (Lipinski definition) is 2. The second-order valence-corrected chi connectivity index (χ2v) is 5.76. The number of halogens is 2. The van der Waals surface area contributed by atoms with Crippen molar-refractivity contribution in [3.8, 4) is 0 Å². The monoisotopic (exact) mass is 348 g/mol. The number of carbonyl (C=O) groups is 2. The molecule has 1 unspecified atom stereocenters. The molecule has 0 heterocycles. The van der Waals surface area contributed by atoms with Gasteiger partial charge in [-0.2, -0.15) is 0 Å². The minimum atomic E-state index is -0.685. The number of benzene rings is 2. The zero-order valence-corrected chi connectivity index (χ0v) is 13.9. The van der Waals surface area contributed by atoms with Gasteiger partial charge in [-0.05, 0) is 24.6 Å². The van der Waals surface area contributed by atoms with E-state index in [1.54, 1.807) is 0 Å². The standard InChI is InChI=1S/C18H18ClFN2O2/c1-12(13-6-3-2-4-7-13)21-16(23)10-11-17(24)22-15-9-5-8-14(19)18(15)20/h2-9,12H,10-11H2,1H3,(H,21,23)(H,22,24). The highest BCUT2D eigenvalue weighted by Gasteiger charge is 2.13. The molecule has 1 atom stereocenters. The smallest absolute Gasteiger partial charge is 0.224 e. The fourth-order valence-corrected chi connectivity index (χ4v) is 2.35. The molecule has 24 heavy (non-hydrogen) atoms. The number of rotatable bonds is 6. The van der Waals surface area contributed by atoms with E-state index in [1.165, 1.54) is 18.2 Å². The SMILES string of the molecule is CC(NC(=O)CCC(=O)Nc1cccc(Cl)c1F)c1ccccc1. The van der Waals surface area contributed by atoms with Crippen LogP contribution in [-0.4, -0.2) is 11.8 Å². The van der Waals surface area contributed by atoms with E-state index in [4.69, 9.17) is 11.6 Å². The summed E-state index contributed by atoms with van der Waals surface area (Å²) in [5.74, 6) is -1.37. The van der Waals surface area contributed by atoms with Crippen molar-refractivity contribution in [3.05, 3.63) is 64.9 Å². The Kier molecular flexibility index (Phi) is 6.32. The maximum absolute atomic E-state index is 13.7. The molecule has 2 rings (SSSR count). The summed E-state index contributed by atoms with van der Waals surface area (Å²) in [5.41, 5.74) is 0.988. The van der Waals surface area contributed by atoms with Crippen molar-refractivity contribution in [1.29, 1.82) is 0 Å². The maximum atomic E-state index is 13.7. The highest BCUT2D eigenvalue weighted by atomic mass is 35.5. The first-order chi connectivity index (χ1) is 11.5. The van der Waals surface area contributed by atoms with Crippen LogP contribution in [0.4, 0.5) is 10.1 Å². The molecule has 0 saturated carbocycles. The molecular weight excluding hydrogens is 331 g/mol. The Bertz CT molecular complexity index is 722. The van der Waals surface area contributed by atoms with Crippen LogP contribution in [0, 0.1) is 5.82 Å². The molecular formula is C18H18ClFN2O2. The lowest BCUT2D eigenvalue weighted by Crippen LogP contribution is -2.27. The number of nitrogens with one attached hydrogen (secondary N) is 2. The van der Waals surface area contributed by atoms with E-state index in [-0.39, 0.29) is 35.5 Å². The summed E-state index contributed by atoms with van der Waals surface area (Å²) in [5, 5.41) is 5.17. The van der Waals surface area contributed by atoms with Gasteiger partial charge < -0.3 is 10.6 Å². The van der Waals surface area contributed by atoms with Crippen LogP contribution < -0.4 is 10.6 Å². The second-order valence-electron chi connectivity index (χ2n) is 5.35. The third-order valence-electron chi connectivity index (χ3n) is 3.48. The molecule has 0 aliphatic carbocycles. The molecule has 2 aromatic rings. The Morgan fingerprint density at radius 1 is 1.04 bits per heavy atom. The van der Waals surface area contributed by atoms with E-state index in [1.807, 2.05) is 37.3 Å². The Labute approximate surface area is 145 Å². The van der Waals surface area contributed by atoms with Gasteiger partial charge in [0.05, 0.1) is 16.8 Å². The fraction of sp³-hybridized carbons (Fsp3) is 0.222. The molecule has 2 amide bonds. The van der Waals surface area contributed by atoms with Gasteiger partial charge in [0, 0.05) is 12.8 Å². The van der Waals surface area contributed by atoms with Gasteiger partial charge in [0.15, 0.2) is 5.82 Å². The van der Waals surface area contributed by atoms with Crippen molar-refractivity contribution in [1.82, 2.24) is 5.32 Å². The van der Waals surface area contributed by atoms with Gasteiger partial charge in [-0.3, -0.25) is 9.59 Å². The van der Waals surface area contributed by atoms with E-state index in [2.05, 4.69) is 10.6 Å². The zero-order valence-electron chi connectivity index (χ0n) is 13.2. The quantitative estimate of drug-likeness (QED) is 0.826. The molecule has 2 N–H and O–H groups in total. The topological polar surface area (TPSA) is 58.2 Å². The average molecular weight is 349 g/mol. The molecule has 0 aromatic heterocycles. The van der Waals surface area contributed by atoms with Crippen LogP contribution in [0.1, 0.15) is 31.4 Å². The Morgan fingerprint density at radius 3 is 2.42 bits per heavy atom. The molecule has 126 valence electrons. The minimum absolute atomic E-state index is 0.00515. The fourth-order valence-electron chi connectivity index (χ4n) is 2.18. The molecule has 0 bridgehead atoms. The molecule has 0 spiro atoms. The summed E-state index contributed by atoms with van der Waals surface area (Å²) in [6, 6.07) is 13.7. The number of amides is 2. The van der Waals surface area contributed by atoms with E-state index < -0.39 is 11.7 Å². The van der Waals surface area contributed by atoms with E-state index in [0.29, 0.717) is 0 Å². The number of anilines is 1. The summed E-state index contributed by atoms with van der Waals surface area (Å²) in [6.07, 6.45) is -0.0233. The highest BCUT2D eigenvalue weighted by molar-refractivity contribution is 6.31. The molecule has 0 saturated heterocycles. The summed E-state index contributed by atoms with van der Waals surface area (Å²) >= 11 is 5.65. The van der Waals surface area contributed by atoms with Crippen molar-refractivity contribution in [3.63, 3.8) is 0 Å². The van der Waals surface area contributed by atoms with Gasteiger partial charge in [0.1, 0.15) is 0 Å². The van der Waals surface area contributed by atoms with Gasteiger partial charge in [-0.1, -0.05) is 48.0 Å². The largest absolute Gasteiger partial charge is 0.350 e. The Morgan fingerprint density at radius 2 is 1.71 bits per heavy atom. The van der Waals surface area contributed by atoms with Gasteiger partial charge >= 0.3 is 0 Å². The lowest BCUT2D eigenvalue weighted by molar-refractivity contribution is -0.124. The number of carbonyl (C=O) groups excluding carboxylic acids is 2. The molecule has 6 heteroatoms. The van der Waals surface area contributed by atoms with Gasteiger partial charge in [-0.15, -0.1) is 0 Å². The average Bonchev–Trinajstić information content (AvgIpc) is 2.58. The van der Waals surface area contributed by atoms with Crippen LogP contribution in [0.3, 0.4) is 0 Å². The van der Waals surface area contributed by atoms with Crippen LogP contribution in [0.25, 0.3) is 0 Å². The van der Waals surface area contributed by atoms with E-state index in [0.717, 1.165) is 5.56 Å². The van der Waals surface area contributed by atoms with Crippen molar-refractivity contribution < 1.29 is 14.0 Å². The minimum Gasteiger partial charge on any atom is -0.350 e. The third-order valence-corrected chi connectivity index (χ3v) is 3.77. The first-order valence-electron chi connectivity index (χ1n) is 7.55. The lowest BCUT2D eigenvalue weighted by atomic mass is 10.1. The van der Waals surface area contributed by atoms with Crippen LogP contribution in [-0.2, 0) is 9.59 Å². The highest BCUT2D eigenvalue weighted by Crippen LogP contribution is 2.22. The first kappa shape index (κ1) is 17.9. The zero-order chi connectivity index (χ0) is 17.5. The van der Waals surface area contributed by atoms with Crippen LogP contribution >= 0.6 is 11.6 Å². The molecule has 0 radical (unpaired) electrons. The summed E-state index contributed by atoms with van der Waals surface area (Å²) < 4.78 is 13.7. The lowest BCUT2D eigenvalue weighted by Gasteiger charge is -2.14. The normalized spacial score (nSPS) is 11.6. The summed E-state index contributed by atoms with van der Waals surface area (Å²) in [4.78, 5) is 23.8. The molecule has 2 aromatic carbocycles. The van der Waals surface area contributed by atoms with Crippen molar-refractivity contribution in [2.24, 2.45) is 0 Å².